The number of carbonyl (C=O) groups excluding carboxylic acids is 1. The van der Waals surface area contributed by atoms with Crippen molar-refractivity contribution in [1.29, 1.82) is 0 Å². The van der Waals surface area contributed by atoms with Crippen LogP contribution in [0.25, 0.3) is 0 Å². The standard InChI is InChI=1S/C12H13Cl3N2O2/c13-7-5-8(14)10(9(15)6-7)17-11(18)12(16)1-3-19-4-2-12/h5-6H,1-4,16H2,(H,17,18). The molecule has 0 bridgehead atoms. The van der Waals surface area contributed by atoms with E-state index in [4.69, 9.17) is 45.3 Å². The van der Waals surface area contributed by atoms with Gasteiger partial charge in [0.25, 0.3) is 0 Å². The Bertz CT molecular complexity index is 479. The predicted molar refractivity (Wildman–Crippen MR) is 77.1 cm³/mol. The average molecular weight is 324 g/mol. The lowest BCUT2D eigenvalue weighted by atomic mass is 9.90. The number of nitrogens with one attached hydrogen (secondary N) is 1. The van der Waals surface area contributed by atoms with Crippen LogP contribution in [0.4, 0.5) is 5.69 Å². The first kappa shape index (κ1) is 14.9. The van der Waals surface area contributed by atoms with Gasteiger partial charge in [-0.05, 0) is 25.0 Å². The number of hydrogen-bond acceptors (Lipinski definition) is 3. The van der Waals surface area contributed by atoms with E-state index in [9.17, 15) is 4.79 Å². The van der Waals surface area contributed by atoms with Crippen molar-refractivity contribution >= 4 is 46.4 Å². The van der Waals surface area contributed by atoms with Crippen molar-refractivity contribution in [3.63, 3.8) is 0 Å². The lowest BCUT2D eigenvalue weighted by molar-refractivity contribution is -0.124. The zero-order valence-corrected chi connectivity index (χ0v) is 12.3. The lowest BCUT2D eigenvalue weighted by Gasteiger charge is -2.32. The summed E-state index contributed by atoms with van der Waals surface area (Å²) in [5.41, 5.74) is 5.45. The quantitative estimate of drug-likeness (QED) is 0.879. The smallest absolute Gasteiger partial charge is 0.244 e. The van der Waals surface area contributed by atoms with Crippen LogP contribution in [0.5, 0.6) is 0 Å². The summed E-state index contributed by atoms with van der Waals surface area (Å²) >= 11 is 17.8. The van der Waals surface area contributed by atoms with Crippen molar-refractivity contribution in [3.8, 4) is 0 Å². The monoisotopic (exact) mass is 322 g/mol. The molecular weight excluding hydrogens is 311 g/mol. The molecule has 0 unspecified atom stereocenters. The van der Waals surface area contributed by atoms with Gasteiger partial charge in [0, 0.05) is 18.2 Å². The van der Waals surface area contributed by atoms with E-state index in [0.717, 1.165) is 0 Å². The van der Waals surface area contributed by atoms with E-state index in [0.29, 0.717) is 36.8 Å². The van der Waals surface area contributed by atoms with Crippen LogP contribution in [-0.4, -0.2) is 24.7 Å². The number of halogens is 3. The Hall–Kier alpha value is -0.520. The van der Waals surface area contributed by atoms with Gasteiger partial charge in [0.15, 0.2) is 0 Å². The van der Waals surface area contributed by atoms with E-state index in [1.54, 1.807) is 0 Å². The number of benzene rings is 1. The van der Waals surface area contributed by atoms with Crippen molar-refractivity contribution in [2.45, 2.75) is 18.4 Å². The Kier molecular flexibility index (Phi) is 4.58. The summed E-state index contributed by atoms with van der Waals surface area (Å²) < 4.78 is 5.20. The van der Waals surface area contributed by atoms with Gasteiger partial charge >= 0.3 is 0 Å². The van der Waals surface area contributed by atoms with Crippen LogP contribution in [0.15, 0.2) is 12.1 Å². The summed E-state index contributed by atoms with van der Waals surface area (Å²) in [6, 6.07) is 3.02. The Labute approximate surface area is 126 Å². The second-order valence-corrected chi connectivity index (χ2v) is 5.72. The highest BCUT2D eigenvalue weighted by atomic mass is 35.5. The maximum Gasteiger partial charge on any atom is 0.244 e. The van der Waals surface area contributed by atoms with E-state index >= 15 is 0 Å². The molecular formula is C12H13Cl3N2O2. The van der Waals surface area contributed by atoms with Crippen LogP contribution in [0.1, 0.15) is 12.8 Å². The van der Waals surface area contributed by atoms with Crippen molar-refractivity contribution in [1.82, 2.24) is 0 Å². The summed E-state index contributed by atoms with van der Waals surface area (Å²) in [7, 11) is 0. The summed E-state index contributed by atoms with van der Waals surface area (Å²) in [4.78, 5) is 12.2. The van der Waals surface area contributed by atoms with Gasteiger partial charge in [0.1, 0.15) is 5.54 Å². The molecule has 1 aliphatic heterocycles. The number of amides is 1. The third-order valence-electron chi connectivity index (χ3n) is 3.08. The van der Waals surface area contributed by atoms with E-state index < -0.39 is 5.54 Å². The van der Waals surface area contributed by atoms with Crippen molar-refractivity contribution in [3.05, 3.63) is 27.2 Å². The van der Waals surface area contributed by atoms with Gasteiger partial charge in [0.2, 0.25) is 5.91 Å². The van der Waals surface area contributed by atoms with E-state index in [2.05, 4.69) is 5.32 Å². The molecule has 0 radical (unpaired) electrons. The first-order chi connectivity index (χ1) is 8.92. The fourth-order valence-electron chi connectivity index (χ4n) is 1.86. The normalized spacial score (nSPS) is 18.1. The molecule has 4 nitrogen and oxygen atoms in total. The second-order valence-electron chi connectivity index (χ2n) is 4.47. The molecule has 1 aromatic rings. The second kappa shape index (κ2) is 5.85. The molecule has 1 aliphatic rings. The van der Waals surface area contributed by atoms with Gasteiger partial charge in [-0.1, -0.05) is 34.8 Å². The topological polar surface area (TPSA) is 64.4 Å². The van der Waals surface area contributed by atoms with Crippen molar-refractivity contribution in [2.75, 3.05) is 18.5 Å². The maximum atomic E-state index is 12.2. The van der Waals surface area contributed by atoms with Gasteiger partial charge in [-0.25, -0.2) is 0 Å². The molecule has 104 valence electrons. The lowest BCUT2D eigenvalue weighted by Crippen LogP contribution is -2.54. The van der Waals surface area contributed by atoms with Gasteiger partial charge in [-0.3, -0.25) is 4.79 Å². The molecule has 0 aromatic heterocycles. The zero-order valence-electron chi connectivity index (χ0n) is 10.0. The van der Waals surface area contributed by atoms with Crippen LogP contribution < -0.4 is 11.1 Å². The van der Waals surface area contributed by atoms with Crippen LogP contribution in [-0.2, 0) is 9.53 Å². The molecule has 0 atom stereocenters. The molecule has 2 rings (SSSR count). The van der Waals surface area contributed by atoms with Crippen LogP contribution in [0.2, 0.25) is 15.1 Å². The summed E-state index contributed by atoms with van der Waals surface area (Å²) in [5.74, 6) is -0.318. The maximum absolute atomic E-state index is 12.2. The number of ether oxygens (including phenoxy) is 1. The number of anilines is 1. The fraction of sp³-hybridized carbons (Fsp3) is 0.417. The minimum absolute atomic E-state index is 0.279. The highest BCUT2D eigenvalue weighted by molar-refractivity contribution is 6.42. The van der Waals surface area contributed by atoms with Crippen LogP contribution in [0.3, 0.4) is 0 Å². The highest BCUT2D eigenvalue weighted by Crippen LogP contribution is 2.34. The van der Waals surface area contributed by atoms with Crippen LogP contribution in [0, 0.1) is 0 Å². The van der Waals surface area contributed by atoms with Gasteiger partial charge in [0.05, 0.1) is 15.7 Å². The molecule has 19 heavy (non-hydrogen) atoms. The summed E-state index contributed by atoms with van der Waals surface area (Å²) in [6.45, 7) is 0.929. The van der Waals surface area contributed by atoms with E-state index in [-0.39, 0.29) is 16.0 Å². The SMILES string of the molecule is NC1(C(=O)Nc2c(Cl)cc(Cl)cc2Cl)CCOCC1. The minimum Gasteiger partial charge on any atom is -0.381 e. The third-order valence-corrected chi connectivity index (χ3v) is 3.90. The number of hydrogen-bond donors (Lipinski definition) is 2. The molecule has 0 aliphatic carbocycles. The largest absolute Gasteiger partial charge is 0.381 e. The fourth-order valence-corrected chi connectivity index (χ4v) is 2.77. The highest BCUT2D eigenvalue weighted by Gasteiger charge is 2.36. The Morgan fingerprint density at radius 1 is 1.21 bits per heavy atom. The zero-order chi connectivity index (χ0) is 14.0. The Morgan fingerprint density at radius 2 is 1.74 bits per heavy atom. The summed E-state index contributed by atoms with van der Waals surface area (Å²) in [6.07, 6.45) is 0.920. The molecule has 1 amide bonds. The summed E-state index contributed by atoms with van der Waals surface area (Å²) in [5, 5.41) is 3.64. The molecule has 1 aromatic carbocycles. The van der Waals surface area contributed by atoms with Gasteiger partial charge < -0.3 is 15.8 Å². The molecule has 1 heterocycles. The van der Waals surface area contributed by atoms with E-state index in [1.807, 2.05) is 0 Å². The Morgan fingerprint density at radius 3 is 2.26 bits per heavy atom. The van der Waals surface area contributed by atoms with Crippen molar-refractivity contribution in [2.24, 2.45) is 5.73 Å². The number of nitrogens with two attached hydrogens (primary N) is 1. The molecule has 1 saturated heterocycles. The van der Waals surface area contributed by atoms with Gasteiger partial charge in [-0.15, -0.1) is 0 Å². The first-order valence-electron chi connectivity index (χ1n) is 5.75. The van der Waals surface area contributed by atoms with Crippen molar-refractivity contribution < 1.29 is 9.53 Å². The number of rotatable bonds is 2. The molecule has 7 heteroatoms. The number of carbonyl (C=O) groups is 1. The van der Waals surface area contributed by atoms with Gasteiger partial charge in [-0.2, -0.15) is 0 Å². The molecule has 1 fully saturated rings. The Balaban J connectivity index is 2.19. The minimum atomic E-state index is -0.954. The average Bonchev–Trinajstić information content (AvgIpc) is 2.34. The molecule has 0 spiro atoms. The van der Waals surface area contributed by atoms with E-state index in [1.165, 1.54) is 12.1 Å². The van der Waals surface area contributed by atoms with Crippen LogP contribution >= 0.6 is 34.8 Å². The predicted octanol–water partition coefficient (Wildman–Crippen LogP) is 3.09. The third kappa shape index (κ3) is 3.33. The molecule has 3 N–H and O–H groups in total. The first-order valence-corrected chi connectivity index (χ1v) is 6.88. The molecule has 0 saturated carbocycles.